The van der Waals surface area contributed by atoms with Gasteiger partial charge >= 0.3 is 0 Å². The molecule has 2 amide bonds. The third-order valence-corrected chi connectivity index (χ3v) is 7.57. The van der Waals surface area contributed by atoms with Crippen molar-refractivity contribution in [3.8, 4) is 0 Å². The summed E-state index contributed by atoms with van der Waals surface area (Å²) in [7, 11) is 0. The quantitative estimate of drug-likeness (QED) is 0.321. The summed E-state index contributed by atoms with van der Waals surface area (Å²) in [6, 6.07) is 9.66. The van der Waals surface area contributed by atoms with Crippen molar-refractivity contribution in [2.24, 2.45) is 5.92 Å². The molecule has 1 saturated heterocycles. The van der Waals surface area contributed by atoms with Crippen LogP contribution < -0.4 is 16.0 Å². The van der Waals surface area contributed by atoms with Crippen LogP contribution in [-0.4, -0.2) is 49.9 Å². The molecule has 5 heterocycles. The molecule has 3 aromatic heterocycles. The molecular formula is C30H32N8O3. The second kappa shape index (κ2) is 11.4. The minimum Gasteiger partial charge on any atom is -0.361 e. The standard InChI is InChI=1S/C30H32N8O3/c1-18-15-32-30-34-24-12-21(16-31-17-24)3-4-22-14-23(33-28(18)36-30)5-6-25(22)35-27(39)13-20-7-9-38(10-8-20)29(40)26-11-19(2)41-37-26/h5-6,11-12,14-17,20H,3-4,7-10,13H2,1-2H3,(H,35,39)(H2,32,33,34,36). The number of hydrogen-bond acceptors (Lipinski definition) is 9. The molecule has 3 N–H and O–H groups in total. The number of anilines is 5. The highest BCUT2D eigenvalue weighted by molar-refractivity contribution is 5.93. The molecule has 11 heteroatoms. The van der Waals surface area contributed by atoms with Crippen LogP contribution in [0.15, 0.2) is 53.4 Å². The average molecular weight is 553 g/mol. The van der Waals surface area contributed by atoms with Gasteiger partial charge in [-0.25, -0.2) is 4.98 Å². The molecule has 6 bridgehead atoms. The van der Waals surface area contributed by atoms with Gasteiger partial charge in [0.25, 0.3) is 5.91 Å². The minimum absolute atomic E-state index is 0.0223. The number of carbonyl (C=O) groups is 2. The number of nitrogens with one attached hydrogen (secondary N) is 3. The molecular weight excluding hydrogens is 520 g/mol. The Kier molecular flexibility index (Phi) is 7.32. The van der Waals surface area contributed by atoms with Crippen molar-refractivity contribution < 1.29 is 14.1 Å². The maximum Gasteiger partial charge on any atom is 0.276 e. The van der Waals surface area contributed by atoms with Crippen molar-refractivity contribution in [3.05, 3.63) is 77.1 Å². The van der Waals surface area contributed by atoms with Gasteiger partial charge in [-0.3, -0.25) is 14.6 Å². The van der Waals surface area contributed by atoms with Gasteiger partial charge in [-0.1, -0.05) is 5.16 Å². The molecule has 0 spiro atoms. The van der Waals surface area contributed by atoms with Crippen LogP contribution in [0.3, 0.4) is 0 Å². The molecule has 1 fully saturated rings. The van der Waals surface area contributed by atoms with Crippen molar-refractivity contribution in [2.45, 2.75) is 46.0 Å². The molecule has 4 aromatic rings. The maximum absolute atomic E-state index is 13.2. The van der Waals surface area contributed by atoms with E-state index in [0.29, 0.717) is 42.7 Å². The van der Waals surface area contributed by atoms with Gasteiger partial charge < -0.3 is 25.4 Å². The first-order valence-corrected chi connectivity index (χ1v) is 13.9. The number of carbonyl (C=O) groups excluding carboxylic acids is 2. The molecule has 11 nitrogen and oxygen atoms in total. The lowest BCUT2D eigenvalue weighted by Crippen LogP contribution is -2.39. The number of pyridine rings is 1. The van der Waals surface area contributed by atoms with Crippen LogP contribution in [0.5, 0.6) is 0 Å². The monoisotopic (exact) mass is 552 g/mol. The number of piperidine rings is 1. The Hall–Kier alpha value is -4.80. The van der Waals surface area contributed by atoms with Crippen molar-refractivity contribution in [1.29, 1.82) is 0 Å². The van der Waals surface area contributed by atoms with Gasteiger partial charge in [-0.15, -0.1) is 0 Å². The van der Waals surface area contributed by atoms with Crippen LogP contribution in [-0.2, 0) is 17.6 Å². The van der Waals surface area contributed by atoms with E-state index in [-0.39, 0.29) is 17.7 Å². The van der Waals surface area contributed by atoms with Crippen molar-refractivity contribution in [2.75, 3.05) is 29.0 Å². The fourth-order valence-electron chi connectivity index (χ4n) is 5.30. The van der Waals surface area contributed by atoms with Crippen molar-refractivity contribution in [1.82, 2.24) is 25.0 Å². The minimum atomic E-state index is -0.122. The molecule has 6 rings (SSSR count). The number of amides is 2. The van der Waals surface area contributed by atoms with E-state index in [0.717, 1.165) is 59.4 Å². The van der Waals surface area contributed by atoms with E-state index in [1.807, 2.05) is 31.3 Å². The second-order valence-corrected chi connectivity index (χ2v) is 10.7. The molecule has 210 valence electrons. The molecule has 0 saturated carbocycles. The first kappa shape index (κ1) is 26.4. The number of aryl methyl sites for hydroxylation is 4. The highest BCUT2D eigenvalue weighted by Crippen LogP contribution is 2.29. The summed E-state index contributed by atoms with van der Waals surface area (Å²) in [5, 5.41) is 13.6. The average Bonchev–Trinajstić information content (AvgIpc) is 3.41. The van der Waals surface area contributed by atoms with Gasteiger partial charge in [0.05, 0.1) is 11.9 Å². The predicted octanol–water partition coefficient (Wildman–Crippen LogP) is 4.94. The van der Waals surface area contributed by atoms with Crippen LogP contribution in [0.2, 0.25) is 0 Å². The van der Waals surface area contributed by atoms with E-state index in [4.69, 9.17) is 4.52 Å². The zero-order valence-corrected chi connectivity index (χ0v) is 23.1. The zero-order valence-electron chi connectivity index (χ0n) is 23.1. The Balaban J connectivity index is 1.14. The van der Waals surface area contributed by atoms with Crippen LogP contribution in [0.25, 0.3) is 0 Å². The van der Waals surface area contributed by atoms with Gasteiger partial charge in [0.1, 0.15) is 11.6 Å². The van der Waals surface area contributed by atoms with E-state index in [9.17, 15) is 9.59 Å². The SMILES string of the molecule is Cc1cc(C(=O)N2CCC(CC(=O)Nc3ccc4cc3CCc3cncc(c3)Nc3ncc(C)c(n3)N4)CC2)no1. The third kappa shape index (κ3) is 6.19. The van der Waals surface area contributed by atoms with E-state index in [1.54, 1.807) is 30.3 Å². The Labute approximate surface area is 237 Å². The summed E-state index contributed by atoms with van der Waals surface area (Å²) in [5.74, 6) is 1.87. The normalized spacial score (nSPS) is 15.0. The molecule has 2 aliphatic rings. The number of nitrogens with zero attached hydrogens (tertiary/aromatic N) is 5. The Morgan fingerprint density at radius 2 is 1.88 bits per heavy atom. The van der Waals surface area contributed by atoms with Gasteiger partial charge in [0, 0.05) is 54.9 Å². The fourth-order valence-corrected chi connectivity index (χ4v) is 5.30. The van der Waals surface area contributed by atoms with E-state index < -0.39 is 0 Å². The number of benzene rings is 1. The molecule has 0 aliphatic carbocycles. The number of aromatic nitrogens is 4. The topological polar surface area (TPSA) is 138 Å². The summed E-state index contributed by atoms with van der Waals surface area (Å²) < 4.78 is 5.04. The Morgan fingerprint density at radius 3 is 2.68 bits per heavy atom. The lowest BCUT2D eigenvalue weighted by atomic mass is 9.93. The van der Waals surface area contributed by atoms with Crippen LogP contribution in [0.1, 0.15) is 52.2 Å². The van der Waals surface area contributed by atoms with Crippen LogP contribution in [0, 0.1) is 19.8 Å². The third-order valence-electron chi connectivity index (χ3n) is 7.57. The van der Waals surface area contributed by atoms with Crippen LogP contribution >= 0.6 is 0 Å². The highest BCUT2D eigenvalue weighted by Gasteiger charge is 2.27. The van der Waals surface area contributed by atoms with Gasteiger partial charge in [-0.2, -0.15) is 4.98 Å². The zero-order chi connectivity index (χ0) is 28.3. The summed E-state index contributed by atoms with van der Waals surface area (Å²) in [5.41, 5.74) is 5.84. The van der Waals surface area contributed by atoms with Crippen molar-refractivity contribution >= 4 is 40.6 Å². The van der Waals surface area contributed by atoms with E-state index in [2.05, 4.69) is 42.1 Å². The van der Waals surface area contributed by atoms with Gasteiger partial charge in [0.15, 0.2) is 5.69 Å². The molecule has 0 atom stereocenters. The highest BCUT2D eigenvalue weighted by atomic mass is 16.5. The van der Waals surface area contributed by atoms with E-state index in [1.165, 1.54) is 0 Å². The number of fused-ring (bicyclic) bond motifs is 6. The predicted molar refractivity (Wildman–Crippen MR) is 155 cm³/mol. The summed E-state index contributed by atoms with van der Waals surface area (Å²) in [6.07, 6.45) is 8.80. The van der Waals surface area contributed by atoms with Gasteiger partial charge in [0.2, 0.25) is 11.9 Å². The first-order chi connectivity index (χ1) is 19.9. The number of rotatable bonds is 4. The summed E-state index contributed by atoms with van der Waals surface area (Å²) >= 11 is 0. The second-order valence-electron chi connectivity index (χ2n) is 10.7. The Bertz CT molecular complexity index is 1590. The molecule has 1 aromatic carbocycles. The number of likely N-dealkylation sites (tertiary alicyclic amines) is 1. The molecule has 0 unspecified atom stereocenters. The summed E-state index contributed by atoms with van der Waals surface area (Å²) in [4.78, 5) is 41.0. The summed E-state index contributed by atoms with van der Waals surface area (Å²) in [6.45, 7) is 4.92. The molecule has 41 heavy (non-hydrogen) atoms. The first-order valence-electron chi connectivity index (χ1n) is 13.9. The molecule has 0 radical (unpaired) electrons. The van der Waals surface area contributed by atoms with Crippen molar-refractivity contribution in [3.63, 3.8) is 0 Å². The van der Waals surface area contributed by atoms with Gasteiger partial charge in [-0.05, 0) is 80.8 Å². The molecule has 2 aliphatic heterocycles. The van der Waals surface area contributed by atoms with E-state index >= 15 is 0 Å². The largest absolute Gasteiger partial charge is 0.361 e. The number of hydrogen-bond donors (Lipinski definition) is 3. The Morgan fingerprint density at radius 1 is 1.02 bits per heavy atom. The van der Waals surface area contributed by atoms with Crippen LogP contribution in [0.4, 0.5) is 28.8 Å². The lowest BCUT2D eigenvalue weighted by molar-refractivity contribution is -0.117. The smallest absolute Gasteiger partial charge is 0.276 e. The maximum atomic E-state index is 13.2. The lowest BCUT2D eigenvalue weighted by Gasteiger charge is -2.31. The fraction of sp³-hybridized carbons (Fsp3) is 0.333.